The van der Waals surface area contributed by atoms with Crippen molar-refractivity contribution in [1.82, 2.24) is 10.1 Å². The first-order chi connectivity index (χ1) is 9.50. The van der Waals surface area contributed by atoms with Gasteiger partial charge in [-0.05, 0) is 32.6 Å². The van der Waals surface area contributed by atoms with Gasteiger partial charge in [0.25, 0.3) is 5.91 Å². The van der Waals surface area contributed by atoms with E-state index >= 15 is 0 Å². The number of carbonyl (C=O) groups excluding carboxylic acids is 1. The highest BCUT2D eigenvalue weighted by molar-refractivity contribution is 8.00. The average Bonchev–Trinajstić information content (AvgIpc) is 3.05. The zero-order valence-corrected chi connectivity index (χ0v) is 12.1. The largest absolute Gasteiger partial charge is 0.480 e. The molecule has 1 aromatic heterocycles. The Bertz CT molecular complexity index is 547. The number of nitrogens with zero attached hydrogens (tertiary/aromatic N) is 2. The minimum Gasteiger partial charge on any atom is -0.480 e. The van der Waals surface area contributed by atoms with E-state index < -0.39 is 12.0 Å². The van der Waals surface area contributed by atoms with Crippen LogP contribution in [-0.2, 0) is 4.79 Å². The Hall–Kier alpha value is -1.50. The minimum absolute atomic E-state index is 0.0303. The smallest absolute Gasteiger partial charge is 0.327 e. The Morgan fingerprint density at radius 3 is 2.60 bits per heavy atom. The standard InChI is InChI=1S/C13H16N2O4S/c1-6-10(7(2)19-14-6)11(16)15-9(13(17)18)5-20-12(15)8-3-4-8/h8-9,12H,3-5H2,1-2H3,(H,17,18). The third kappa shape index (κ3) is 2.09. The van der Waals surface area contributed by atoms with Crippen molar-refractivity contribution in [2.75, 3.05) is 5.75 Å². The summed E-state index contributed by atoms with van der Waals surface area (Å²) >= 11 is 1.57. The third-order valence-corrected chi connectivity index (χ3v) is 5.29. The normalized spacial score (nSPS) is 26.0. The maximum Gasteiger partial charge on any atom is 0.327 e. The molecule has 0 radical (unpaired) electrons. The van der Waals surface area contributed by atoms with Crippen molar-refractivity contribution >= 4 is 23.6 Å². The Morgan fingerprint density at radius 2 is 2.10 bits per heavy atom. The highest BCUT2D eigenvalue weighted by atomic mass is 32.2. The van der Waals surface area contributed by atoms with Gasteiger partial charge in [0.15, 0.2) is 0 Å². The van der Waals surface area contributed by atoms with Gasteiger partial charge in [-0.2, -0.15) is 0 Å². The number of thioether (sulfide) groups is 1. The van der Waals surface area contributed by atoms with Gasteiger partial charge in [0.2, 0.25) is 0 Å². The highest BCUT2D eigenvalue weighted by Gasteiger charge is 2.48. The van der Waals surface area contributed by atoms with E-state index in [1.54, 1.807) is 25.6 Å². The number of carboxylic acid groups (broad SMARTS) is 1. The van der Waals surface area contributed by atoms with E-state index in [-0.39, 0.29) is 11.3 Å². The van der Waals surface area contributed by atoms with Gasteiger partial charge < -0.3 is 14.5 Å². The fourth-order valence-electron chi connectivity index (χ4n) is 2.64. The fourth-order valence-corrected chi connectivity index (χ4v) is 4.27. The maximum atomic E-state index is 12.8. The second-order valence-corrected chi connectivity index (χ2v) is 6.48. The molecule has 1 aromatic rings. The first-order valence-corrected chi connectivity index (χ1v) is 7.65. The lowest BCUT2D eigenvalue weighted by molar-refractivity contribution is -0.141. The van der Waals surface area contributed by atoms with Crippen molar-refractivity contribution in [1.29, 1.82) is 0 Å². The van der Waals surface area contributed by atoms with Gasteiger partial charge in [0.05, 0.1) is 11.1 Å². The Morgan fingerprint density at radius 1 is 1.40 bits per heavy atom. The molecular weight excluding hydrogens is 280 g/mol. The number of carbonyl (C=O) groups is 2. The van der Waals surface area contributed by atoms with Crippen LogP contribution < -0.4 is 0 Å². The molecule has 1 amide bonds. The molecular formula is C13H16N2O4S. The van der Waals surface area contributed by atoms with Crippen molar-refractivity contribution in [3.8, 4) is 0 Å². The van der Waals surface area contributed by atoms with E-state index in [4.69, 9.17) is 4.52 Å². The second-order valence-electron chi connectivity index (χ2n) is 5.33. The van der Waals surface area contributed by atoms with Gasteiger partial charge in [0, 0.05) is 5.75 Å². The predicted molar refractivity (Wildman–Crippen MR) is 72.5 cm³/mol. The lowest BCUT2D eigenvalue weighted by Gasteiger charge is -2.27. The third-order valence-electron chi connectivity index (χ3n) is 3.83. The molecule has 6 nitrogen and oxygen atoms in total. The molecule has 2 aliphatic rings. The minimum atomic E-state index is -0.944. The van der Waals surface area contributed by atoms with Crippen LogP contribution in [0, 0.1) is 19.8 Å². The summed E-state index contributed by atoms with van der Waals surface area (Å²) in [5.74, 6) is 0.110. The number of aryl methyl sites for hydroxylation is 2. The number of aliphatic carboxylic acids is 1. The molecule has 0 bridgehead atoms. The van der Waals surface area contributed by atoms with Crippen molar-refractivity contribution in [2.24, 2.45) is 5.92 Å². The zero-order chi connectivity index (χ0) is 14.4. The molecule has 20 heavy (non-hydrogen) atoms. The Balaban J connectivity index is 1.95. The summed E-state index contributed by atoms with van der Waals surface area (Å²) in [5.41, 5.74) is 0.924. The first-order valence-electron chi connectivity index (χ1n) is 6.60. The van der Waals surface area contributed by atoms with Gasteiger partial charge in [-0.1, -0.05) is 5.16 Å². The van der Waals surface area contributed by atoms with Crippen LogP contribution in [0.1, 0.15) is 34.7 Å². The molecule has 3 rings (SSSR count). The molecule has 0 spiro atoms. The molecule has 1 aliphatic heterocycles. The zero-order valence-electron chi connectivity index (χ0n) is 11.3. The average molecular weight is 296 g/mol. The van der Waals surface area contributed by atoms with Crippen LogP contribution in [0.4, 0.5) is 0 Å². The van der Waals surface area contributed by atoms with E-state index in [0.717, 1.165) is 12.8 Å². The number of hydrogen-bond acceptors (Lipinski definition) is 5. The van der Waals surface area contributed by atoms with E-state index in [2.05, 4.69) is 5.16 Å². The van der Waals surface area contributed by atoms with Crippen molar-refractivity contribution in [2.45, 2.75) is 38.1 Å². The number of rotatable bonds is 3. The topological polar surface area (TPSA) is 83.6 Å². The molecule has 108 valence electrons. The summed E-state index contributed by atoms with van der Waals surface area (Å²) in [6, 6.07) is -0.758. The van der Waals surface area contributed by atoms with Gasteiger partial charge in [-0.3, -0.25) is 4.79 Å². The van der Waals surface area contributed by atoms with E-state index in [0.29, 0.717) is 28.7 Å². The molecule has 1 aliphatic carbocycles. The molecule has 1 saturated carbocycles. The number of carboxylic acids is 1. The number of hydrogen-bond donors (Lipinski definition) is 1. The van der Waals surface area contributed by atoms with Gasteiger partial charge in [-0.25, -0.2) is 4.79 Å². The van der Waals surface area contributed by atoms with Gasteiger partial charge in [0.1, 0.15) is 17.4 Å². The molecule has 1 N–H and O–H groups in total. The lowest BCUT2D eigenvalue weighted by atomic mass is 10.1. The fraction of sp³-hybridized carbons (Fsp3) is 0.615. The summed E-state index contributed by atoms with van der Waals surface area (Å²) in [4.78, 5) is 25.7. The van der Waals surface area contributed by atoms with Crippen LogP contribution in [0.3, 0.4) is 0 Å². The van der Waals surface area contributed by atoms with Gasteiger partial charge in [-0.15, -0.1) is 11.8 Å². The monoisotopic (exact) mass is 296 g/mol. The highest BCUT2D eigenvalue weighted by Crippen LogP contribution is 2.46. The van der Waals surface area contributed by atoms with Crippen molar-refractivity contribution in [3.63, 3.8) is 0 Å². The van der Waals surface area contributed by atoms with E-state index in [1.165, 1.54) is 4.90 Å². The molecule has 2 fully saturated rings. The second kappa shape index (κ2) is 4.80. The molecule has 2 unspecified atom stereocenters. The molecule has 1 saturated heterocycles. The lowest BCUT2D eigenvalue weighted by Crippen LogP contribution is -2.46. The van der Waals surface area contributed by atoms with Crippen molar-refractivity contribution < 1.29 is 19.2 Å². The molecule has 0 aromatic carbocycles. The van der Waals surface area contributed by atoms with Gasteiger partial charge >= 0.3 is 5.97 Å². The van der Waals surface area contributed by atoms with Crippen LogP contribution in [0.2, 0.25) is 0 Å². The number of amides is 1. The van der Waals surface area contributed by atoms with Crippen molar-refractivity contribution in [3.05, 3.63) is 17.0 Å². The van der Waals surface area contributed by atoms with Crippen LogP contribution in [0.5, 0.6) is 0 Å². The van der Waals surface area contributed by atoms with Crippen LogP contribution in [-0.4, -0.2) is 44.2 Å². The maximum absolute atomic E-state index is 12.8. The van der Waals surface area contributed by atoms with Crippen LogP contribution >= 0.6 is 11.8 Å². The Labute approximate surface area is 120 Å². The van der Waals surface area contributed by atoms with Crippen LogP contribution in [0.25, 0.3) is 0 Å². The molecule has 7 heteroatoms. The summed E-state index contributed by atoms with van der Waals surface area (Å²) < 4.78 is 5.03. The van der Waals surface area contributed by atoms with E-state index in [1.807, 2.05) is 0 Å². The SMILES string of the molecule is Cc1noc(C)c1C(=O)N1C(C(=O)O)CSC1C1CC1. The molecule has 2 atom stereocenters. The Kier molecular flexibility index (Phi) is 3.24. The first kappa shape index (κ1) is 13.5. The number of aromatic nitrogens is 1. The summed E-state index contributed by atoms with van der Waals surface area (Å²) in [6.07, 6.45) is 2.13. The summed E-state index contributed by atoms with van der Waals surface area (Å²) in [6.45, 7) is 3.38. The quantitative estimate of drug-likeness (QED) is 0.913. The predicted octanol–water partition coefficient (Wildman–Crippen LogP) is 1.67. The summed E-state index contributed by atoms with van der Waals surface area (Å²) in [7, 11) is 0. The van der Waals surface area contributed by atoms with E-state index in [9.17, 15) is 14.7 Å². The van der Waals surface area contributed by atoms with Crippen LogP contribution in [0.15, 0.2) is 4.52 Å². The summed E-state index contributed by atoms with van der Waals surface area (Å²) in [5, 5.41) is 13.1. The molecule has 2 heterocycles.